The second-order valence-corrected chi connectivity index (χ2v) is 6.60. The molecule has 2 heterocycles. The zero-order chi connectivity index (χ0) is 17.6. The smallest absolute Gasteiger partial charge is 0.216 e. The molecule has 1 aromatic carbocycles. The van der Waals surface area contributed by atoms with Crippen LogP contribution in [0.4, 0.5) is 0 Å². The molecule has 7 nitrogen and oxygen atoms in total. The summed E-state index contributed by atoms with van der Waals surface area (Å²) in [5.74, 6) is 0.377. The van der Waals surface area contributed by atoms with Crippen LogP contribution in [0.15, 0.2) is 42.5 Å². The molecule has 3 aromatic rings. The Bertz CT molecular complexity index is 872. The van der Waals surface area contributed by atoms with E-state index in [1.54, 1.807) is 6.07 Å². The van der Waals surface area contributed by atoms with E-state index in [1.165, 1.54) is 23.1 Å². The first kappa shape index (κ1) is 17.0. The van der Waals surface area contributed by atoms with Gasteiger partial charge in [-0.3, -0.25) is 9.59 Å². The van der Waals surface area contributed by atoms with Crippen LogP contribution >= 0.6 is 11.3 Å². The Morgan fingerprint density at radius 2 is 1.96 bits per heavy atom. The van der Waals surface area contributed by atoms with Crippen LogP contribution in [0.25, 0.3) is 11.4 Å². The van der Waals surface area contributed by atoms with Gasteiger partial charge in [0.1, 0.15) is 6.54 Å². The number of benzene rings is 1. The molecule has 0 aliphatic heterocycles. The van der Waals surface area contributed by atoms with Crippen LogP contribution in [-0.2, 0) is 17.8 Å². The Hall–Kier alpha value is -2.87. The molecular weight excluding hydrogens is 338 g/mol. The number of hydrogen-bond donors (Lipinski definition) is 1. The van der Waals surface area contributed by atoms with Crippen LogP contribution in [0.5, 0.6) is 0 Å². The normalized spacial score (nSPS) is 10.6. The number of aromatic nitrogens is 4. The van der Waals surface area contributed by atoms with Crippen LogP contribution in [0.3, 0.4) is 0 Å². The molecule has 128 valence electrons. The summed E-state index contributed by atoms with van der Waals surface area (Å²) in [6.45, 7) is 2.10. The average molecular weight is 355 g/mol. The number of hydrogen-bond acceptors (Lipinski definition) is 6. The number of amides is 1. The number of nitrogens with zero attached hydrogens (tertiary/aromatic N) is 4. The SMILES string of the molecule is CC(=O)NCCc1ccc(C(=O)Cn2nnc(-c3ccccc3)n2)s1. The number of nitrogens with one attached hydrogen (secondary N) is 1. The van der Waals surface area contributed by atoms with Crippen LogP contribution < -0.4 is 5.32 Å². The molecule has 3 rings (SSSR count). The quantitative estimate of drug-likeness (QED) is 0.655. The first-order chi connectivity index (χ1) is 12.1. The first-order valence-corrected chi connectivity index (χ1v) is 8.63. The van der Waals surface area contributed by atoms with E-state index in [2.05, 4.69) is 20.7 Å². The lowest BCUT2D eigenvalue weighted by molar-refractivity contribution is -0.118. The molecule has 0 fully saturated rings. The van der Waals surface area contributed by atoms with Crippen LogP contribution in [0.1, 0.15) is 21.5 Å². The van der Waals surface area contributed by atoms with Crippen molar-refractivity contribution in [2.75, 3.05) is 6.54 Å². The molecule has 25 heavy (non-hydrogen) atoms. The second kappa shape index (κ2) is 7.80. The van der Waals surface area contributed by atoms with E-state index < -0.39 is 0 Å². The highest BCUT2D eigenvalue weighted by Gasteiger charge is 2.13. The number of Topliss-reactive ketones (excluding diaryl/α,β-unsaturated/α-hetero) is 1. The van der Waals surface area contributed by atoms with E-state index in [0.29, 0.717) is 23.7 Å². The fourth-order valence-corrected chi connectivity index (χ4v) is 3.18. The summed E-state index contributed by atoms with van der Waals surface area (Å²) in [4.78, 5) is 26.2. The summed E-state index contributed by atoms with van der Waals surface area (Å²) in [5, 5.41) is 14.9. The molecule has 0 unspecified atom stereocenters. The average Bonchev–Trinajstić information content (AvgIpc) is 3.25. The van der Waals surface area contributed by atoms with E-state index in [4.69, 9.17) is 0 Å². The largest absolute Gasteiger partial charge is 0.356 e. The Labute approximate surface area is 148 Å². The number of carbonyl (C=O) groups excluding carboxylic acids is 2. The maximum Gasteiger partial charge on any atom is 0.216 e. The molecule has 8 heteroatoms. The molecule has 0 saturated heterocycles. The van der Waals surface area contributed by atoms with Gasteiger partial charge in [-0.2, -0.15) is 4.80 Å². The molecule has 0 aliphatic carbocycles. The van der Waals surface area contributed by atoms with Gasteiger partial charge in [0.05, 0.1) is 4.88 Å². The lowest BCUT2D eigenvalue weighted by Crippen LogP contribution is -2.22. The van der Waals surface area contributed by atoms with Crippen molar-refractivity contribution in [3.63, 3.8) is 0 Å². The second-order valence-electron chi connectivity index (χ2n) is 5.43. The van der Waals surface area contributed by atoms with E-state index >= 15 is 0 Å². The van der Waals surface area contributed by atoms with Crippen molar-refractivity contribution < 1.29 is 9.59 Å². The van der Waals surface area contributed by atoms with Gasteiger partial charge < -0.3 is 5.32 Å². The molecule has 0 aliphatic rings. The molecule has 0 radical (unpaired) electrons. The van der Waals surface area contributed by atoms with Gasteiger partial charge in [-0.05, 0) is 23.8 Å². The Morgan fingerprint density at radius 1 is 1.16 bits per heavy atom. The van der Waals surface area contributed by atoms with Gasteiger partial charge in [-0.1, -0.05) is 30.3 Å². The van der Waals surface area contributed by atoms with Crippen molar-refractivity contribution in [3.05, 3.63) is 52.2 Å². The minimum atomic E-state index is -0.0622. The predicted molar refractivity (Wildman–Crippen MR) is 94.3 cm³/mol. The lowest BCUT2D eigenvalue weighted by Gasteiger charge is -1.99. The molecule has 2 aromatic heterocycles. The van der Waals surface area contributed by atoms with Crippen molar-refractivity contribution in [2.45, 2.75) is 19.9 Å². The number of carbonyl (C=O) groups is 2. The number of tetrazole rings is 1. The van der Waals surface area contributed by atoms with Crippen LogP contribution in [-0.4, -0.2) is 38.4 Å². The van der Waals surface area contributed by atoms with Gasteiger partial charge >= 0.3 is 0 Å². The summed E-state index contributed by atoms with van der Waals surface area (Å²) >= 11 is 1.42. The third kappa shape index (κ3) is 4.57. The molecule has 1 N–H and O–H groups in total. The highest BCUT2D eigenvalue weighted by atomic mass is 32.1. The first-order valence-electron chi connectivity index (χ1n) is 7.81. The van der Waals surface area contributed by atoms with Crippen LogP contribution in [0, 0.1) is 0 Å². The minimum Gasteiger partial charge on any atom is -0.356 e. The van der Waals surface area contributed by atoms with Crippen molar-refractivity contribution in [1.29, 1.82) is 0 Å². The molecule has 0 atom stereocenters. The molecule has 0 spiro atoms. The highest BCUT2D eigenvalue weighted by Crippen LogP contribution is 2.18. The van der Waals surface area contributed by atoms with Gasteiger partial charge in [0.2, 0.25) is 11.7 Å². The molecule has 0 saturated carbocycles. The van der Waals surface area contributed by atoms with Crippen molar-refractivity contribution in [3.8, 4) is 11.4 Å². The summed E-state index contributed by atoms with van der Waals surface area (Å²) in [6.07, 6.45) is 0.706. The Kier molecular flexibility index (Phi) is 5.30. The Balaban J connectivity index is 1.60. The van der Waals surface area contributed by atoms with E-state index in [9.17, 15) is 9.59 Å². The number of rotatable bonds is 7. The fourth-order valence-electron chi connectivity index (χ4n) is 2.24. The molecule has 1 amide bonds. The molecule has 0 bridgehead atoms. The van der Waals surface area contributed by atoms with Crippen molar-refractivity contribution >= 4 is 23.0 Å². The van der Waals surface area contributed by atoms with Crippen molar-refractivity contribution in [2.24, 2.45) is 0 Å². The Morgan fingerprint density at radius 3 is 2.72 bits per heavy atom. The zero-order valence-corrected chi connectivity index (χ0v) is 14.5. The maximum absolute atomic E-state index is 12.4. The van der Waals surface area contributed by atoms with Gasteiger partial charge in [-0.15, -0.1) is 21.5 Å². The third-order valence-corrected chi connectivity index (χ3v) is 4.64. The van der Waals surface area contributed by atoms with Crippen molar-refractivity contribution in [1.82, 2.24) is 25.5 Å². The topological polar surface area (TPSA) is 89.8 Å². The standard InChI is InChI=1S/C17H17N5O2S/c1-12(23)18-10-9-14-7-8-16(25-14)15(24)11-22-20-17(19-21-22)13-5-3-2-4-6-13/h2-8H,9-11H2,1H3,(H,18,23). The number of ketones is 1. The summed E-state index contributed by atoms with van der Waals surface area (Å²) in [6, 6.07) is 13.2. The van der Waals surface area contributed by atoms with E-state index in [-0.39, 0.29) is 18.2 Å². The van der Waals surface area contributed by atoms with Gasteiger partial charge in [-0.25, -0.2) is 0 Å². The van der Waals surface area contributed by atoms with Gasteiger partial charge in [0, 0.05) is 23.9 Å². The number of thiophene rings is 1. The van der Waals surface area contributed by atoms with Crippen LogP contribution in [0.2, 0.25) is 0 Å². The minimum absolute atomic E-state index is 0.0471. The predicted octanol–water partition coefficient (Wildman–Crippen LogP) is 1.96. The summed E-state index contributed by atoms with van der Waals surface area (Å²) in [7, 11) is 0. The van der Waals surface area contributed by atoms with E-state index in [0.717, 1.165) is 10.4 Å². The monoisotopic (exact) mass is 355 g/mol. The highest BCUT2D eigenvalue weighted by molar-refractivity contribution is 7.14. The van der Waals surface area contributed by atoms with Gasteiger partial charge in [0.25, 0.3) is 0 Å². The van der Waals surface area contributed by atoms with E-state index in [1.807, 2.05) is 36.4 Å². The fraction of sp³-hybridized carbons (Fsp3) is 0.235. The maximum atomic E-state index is 12.4. The van der Waals surface area contributed by atoms with Gasteiger partial charge in [0.15, 0.2) is 5.78 Å². The summed E-state index contributed by atoms with van der Waals surface area (Å²) in [5.41, 5.74) is 0.859. The lowest BCUT2D eigenvalue weighted by atomic mass is 10.2. The molecular formula is C17H17N5O2S. The third-order valence-electron chi connectivity index (χ3n) is 3.45. The zero-order valence-electron chi connectivity index (χ0n) is 13.7. The summed E-state index contributed by atoms with van der Waals surface area (Å²) < 4.78 is 0.